The van der Waals surface area contributed by atoms with Crippen molar-refractivity contribution in [2.45, 2.75) is 37.8 Å². The van der Waals surface area contributed by atoms with Crippen molar-refractivity contribution in [3.63, 3.8) is 0 Å². The summed E-state index contributed by atoms with van der Waals surface area (Å²) in [4.78, 5) is 11.2. The number of aliphatic carboxylic acids is 1. The largest absolute Gasteiger partial charge is 0.480 e. The van der Waals surface area contributed by atoms with Crippen LogP contribution in [0, 0.1) is 5.92 Å². The Bertz CT molecular complexity index is 566. The average Bonchev–Trinajstić information content (AvgIpc) is 2.38. The Balaban J connectivity index is 2.91. The maximum Gasteiger partial charge on any atom is 0.321 e. The van der Waals surface area contributed by atoms with Crippen molar-refractivity contribution < 1.29 is 23.1 Å². The first-order chi connectivity index (χ1) is 9.76. The summed E-state index contributed by atoms with van der Waals surface area (Å²) in [7, 11) is -2.30. The van der Waals surface area contributed by atoms with Gasteiger partial charge in [0.25, 0.3) is 0 Å². The molecule has 21 heavy (non-hydrogen) atoms. The Morgan fingerprint density at radius 3 is 2.29 bits per heavy atom. The van der Waals surface area contributed by atoms with Gasteiger partial charge in [-0.1, -0.05) is 26.0 Å². The average molecular weight is 315 g/mol. The summed E-state index contributed by atoms with van der Waals surface area (Å²) in [5.41, 5.74) is 0.841. The predicted octanol–water partition coefficient (Wildman–Crippen LogP) is 1.61. The lowest BCUT2D eigenvalue weighted by molar-refractivity contribution is -0.139. The quantitative estimate of drug-likeness (QED) is 0.760. The van der Waals surface area contributed by atoms with Gasteiger partial charge in [0.15, 0.2) is 0 Å². The lowest BCUT2D eigenvalue weighted by atomic mass is 10.1. The molecule has 1 rings (SSSR count). The van der Waals surface area contributed by atoms with Crippen molar-refractivity contribution in [2.24, 2.45) is 5.92 Å². The third kappa shape index (κ3) is 5.45. The molecule has 1 aromatic carbocycles. The molecule has 0 fully saturated rings. The minimum absolute atomic E-state index is 0.0392. The van der Waals surface area contributed by atoms with Gasteiger partial charge in [0, 0.05) is 7.11 Å². The zero-order valence-electron chi connectivity index (χ0n) is 12.4. The van der Waals surface area contributed by atoms with Crippen LogP contribution in [0.1, 0.15) is 25.8 Å². The van der Waals surface area contributed by atoms with E-state index in [-0.39, 0.29) is 17.2 Å². The number of methoxy groups -OCH3 is 1. The molecule has 0 saturated carbocycles. The van der Waals surface area contributed by atoms with Crippen LogP contribution < -0.4 is 4.72 Å². The molecule has 0 aliphatic carbocycles. The van der Waals surface area contributed by atoms with Gasteiger partial charge in [0.05, 0.1) is 11.5 Å². The number of carboxylic acid groups (broad SMARTS) is 1. The summed E-state index contributed by atoms with van der Waals surface area (Å²) in [5.74, 6) is -1.11. The van der Waals surface area contributed by atoms with Crippen LogP contribution in [0.15, 0.2) is 29.2 Å². The highest BCUT2D eigenvalue weighted by Crippen LogP contribution is 2.14. The van der Waals surface area contributed by atoms with Gasteiger partial charge >= 0.3 is 5.97 Å². The molecule has 0 amide bonds. The molecule has 1 atom stereocenters. The molecule has 0 aliphatic heterocycles. The molecule has 0 aliphatic rings. The molecule has 0 heterocycles. The minimum Gasteiger partial charge on any atom is -0.480 e. The van der Waals surface area contributed by atoms with Gasteiger partial charge in [-0.3, -0.25) is 4.79 Å². The second-order valence-corrected chi connectivity index (χ2v) is 6.93. The van der Waals surface area contributed by atoms with E-state index in [1.54, 1.807) is 19.2 Å². The summed E-state index contributed by atoms with van der Waals surface area (Å²) >= 11 is 0. The Labute approximate surface area is 125 Å². The third-order valence-electron chi connectivity index (χ3n) is 2.85. The fourth-order valence-electron chi connectivity index (χ4n) is 1.86. The number of nitrogens with one attached hydrogen (secondary N) is 1. The fraction of sp³-hybridized carbons (Fsp3) is 0.500. The van der Waals surface area contributed by atoms with Gasteiger partial charge < -0.3 is 9.84 Å². The SMILES string of the molecule is COCc1ccc(S(=O)(=O)NC(CC(C)C)C(=O)O)cc1. The van der Waals surface area contributed by atoms with Gasteiger partial charge in [0.1, 0.15) is 6.04 Å². The van der Waals surface area contributed by atoms with Crippen molar-refractivity contribution in [3.05, 3.63) is 29.8 Å². The molecular formula is C14H21NO5S. The first kappa shape index (κ1) is 17.6. The second-order valence-electron chi connectivity index (χ2n) is 5.22. The summed E-state index contributed by atoms with van der Waals surface area (Å²) in [5, 5.41) is 9.10. The molecule has 7 heteroatoms. The van der Waals surface area contributed by atoms with Crippen LogP contribution in [-0.4, -0.2) is 32.6 Å². The van der Waals surface area contributed by atoms with E-state index in [1.165, 1.54) is 12.1 Å². The zero-order chi connectivity index (χ0) is 16.0. The van der Waals surface area contributed by atoms with Gasteiger partial charge in [-0.15, -0.1) is 0 Å². The topological polar surface area (TPSA) is 92.7 Å². The lowest BCUT2D eigenvalue weighted by Crippen LogP contribution is -2.41. The molecule has 118 valence electrons. The lowest BCUT2D eigenvalue weighted by Gasteiger charge is -2.16. The van der Waals surface area contributed by atoms with Crippen molar-refractivity contribution in [2.75, 3.05) is 7.11 Å². The zero-order valence-corrected chi connectivity index (χ0v) is 13.2. The molecule has 1 aromatic rings. The predicted molar refractivity (Wildman–Crippen MR) is 78.4 cm³/mol. The van der Waals surface area contributed by atoms with Crippen molar-refractivity contribution in [1.82, 2.24) is 4.72 Å². The Hall–Kier alpha value is -1.44. The van der Waals surface area contributed by atoms with Gasteiger partial charge in [0.2, 0.25) is 10.0 Å². The first-order valence-corrected chi connectivity index (χ1v) is 8.07. The number of rotatable bonds is 8. The van der Waals surface area contributed by atoms with Crippen LogP contribution in [0.5, 0.6) is 0 Å². The Kier molecular flexibility index (Phi) is 6.32. The van der Waals surface area contributed by atoms with Crippen LogP contribution in [0.3, 0.4) is 0 Å². The number of carboxylic acids is 1. The normalized spacial score (nSPS) is 13.3. The van der Waals surface area contributed by atoms with Crippen molar-refractivity contribution >= 4 is 16.0 Å². The van der Waals surface area contributed by atoms with Crippen LogP contribution in [0.4, 0.5) is 0 Å². The van der Waals surface area contributed by atoms with E-state index in [0.29, 0.717) is 6.61 Å². The van der Waals surface area contributed by atoms with E-state index in [0.717, 1.165) is 5.56 Å². The molecule has 1 unspecified atom stereocenters. The summed E-state index contributed by atoms with van der Waals surface area (Å²) < 4.78 is 31.6. The van der Waals surface area contributed by atoms with E-state index in [9.17, 15) is 13.2 Å². The highest BCUT2D eigenvalue weighted by atomic mass is 32.2. The van der Waals surface area contributed by atoms with Gasteiger partial charge in [-0.25, -0.2) is 8.42 Å². The number of hydrogen-bond acceptors (Lipinski definition) is 4. The molecular weight excluding hydrogens is 294 g/mol. The summed E-state index contributed by atoms with van der Waals surface area (Å²) in [6.07, 6.45) is 0.232. The van der Waals surface area contributed by atoms with E-state index < -0.39 is 22.0 Å². The Morgan fingerprint density at radius 2 is 1.86 bits per heavy atom. The summed E-state index contributed by atoms with van der Waals surface area (Å²) in [6.45, 7) is 4.06. The second kappa shape index (κ2) is 7.53. The molecule has 0 radical (unpaired) electrons. The first-order valence-electron chi connectivity index (χ1n) is 6.59. The van der Waals surface area contributed by atoms with Gasteiger partial charge in [-0.2, -0.15) is 4.72 Å². The van der Waals surface area contributed by atoms with E-state index in [1.807, 2.05) is 13.8 Å². The van der Waals surface area contributed by atoms with Crippen LogP contribution >= 0.6 is 0 Å². The maximum atomic E-state index is 12.2. The Morgan fingerprint density at radius 1 is 1.29 bits per heavy atom. The number of hydrogen-bond donors (Lipinski definition) is 2. The summed E-state index contributed by atoms with van der Waals surface area (Å²) in [6, 6.07) is 5.01. The molecule has 0 saturated heterocycles. The number of benzene rings is 1. The van der Waals surface area contributed by atoms with Crippen LogP contribution in [0.2, 0.25) is 0 Å². The van der Waals surface area contributed by atoms with Gasteiger partial charge in [-0.05, 0) is 30.0 Å². The smallest absolute Gasteiger partial charge is 0.321 e. The molecule has 6 nitrogen and oxygen atoms in total. The number of sulfonamides is 1. The standard InChI is InChI=1S/C14H21NO5S/c1-10(2)8-13(14(16)17)15-21(18,19)12-6-4-11(5-7-12)9-20-3/h4-7,10,13,15H,8-9H2,1-3H3,(H,16,17). The van der Waals surface area contributed by atoms with E-state index in [2.05, 4.69) is 4.72 Å². The third-order valence-corrected chi connectivity index (χ3v) is 4.33. The fourth-order valence-corrected chi connectivity index (χ4v) is 3.06. The monoisotopic (exact) mass is 315 g/mol. The van der Waals surface area contributed by atoms with Crippen molar-refractivity contribution in [1.29, 1.82) is 0 Å². The molecule has 0 spiro atoms. The number of ether oxygens (including phenoxy) is 1. The highest BCUT2D eigenvalue weighted by Gasteiger charge is 2.25. The van der Waals surface area contributed by atoms with Crippen molar-refractivity contribution in [3.8, 4) is 0 Å². The van der Waals surface area contributed by atoms with Crippen LogP contribution in [0.25, 0.3) is 0 Å². The molecule has 0 aromatic heterocycles. The minimum atomic E-state index is -3.85. The van der Waals surface area contributed by atoms with Crippen LogP contribution in [-0.2, 0) is 26.2 Å². The maximum absolute atomic E-state index is 12.2. The number of carbonyl (C=O) groups is 1. The van der Waals surface area contributed by atoms with E-state index in [4.69, 9.17) is 9.84 Å². The highest BCUT2D eigenvalue weighted by molar-refractivity contribution is 7.89. The van der Waals surface area contributed by atoms with E-state index >= 15 is 0 Å². The molecule has 2 N–H and O–H groups in total. The molecule has 0 bridgehead atoms.